The molecule has 0 aliphatic rings. The van der Waals surface area contributed by atoms with Crippen molar-refractivity contribution >= 4 is 33.2 Å². The van der Waals surface area contributed by atoms with Crippen molar-refractivity contribution in [2.24, 2.45) is 0 Å². The molecule has 0 bridgehead atoms. The predicted octanol–water partition coefficient (Wildman–Crippen LogP) is 4.42. The molecule has 0 atom stereocenters. The van der Waals surface area contributed by atoms with E-state index < -0.39 is 15.9 Å². The van der Waals surface area contributed by atoms with Gasteiger partial charge in [0.2, 0.25) is 10.0 Å². The molecule has 1 N–H and O–H groups in total. The third kappa shape index (κ3) is 5.44. The topological polar surface area (TPSA) is 84.9 Å². The second-order valence-electron chi connectivity index (χ2n) is 6.22. The van der Waals surface area contributed by atoms with Gasteiger partial charge in [-0.2, -0.15) is 4.31 Å². The maximum absolute atomic E-state index is 12.8. The Balaban J connectivity index is 2.33. The van der Waals surface area contributed by atoms with E-state index in [1.165, 1.54) is 16.4 Å². The van der Waals surface area contributed by atoms with E-state index >= 15 is 0 Å². The number of hydrogen-bond acceptors (Lipinski definition) is 5. The van der Waals surface area contributed by atoms with E-state index in [2.05, 4.69) is 5.32 Å². The number of carbonyl (C=O) groups excluding carboxylic acids is 1. The molecule has 0 aliphatic carbocycles. The zero-order chi connectivity index (χ0) is 22.3. The fraction of sp³-hybridized carbons (Fsp3) is 0.381. The molecule has 0 aliphatic heterocycles. The van der Waals surface area contributed by atoms with E-state index in [0.717, 1.165) is 0 Å². The number of nitrogens with one attached hydrogen (secondary N) is 1. The molecule has 164 valence electrons. The number of benzene rings is 2. The molecule has 7 nitrogen and oxygen atoms in total. The first-order valence-corrected chi connectivity index (χ1v) is 11.6. The fourth-order valence-corrected chi connectivity index (χ4v) is 4.84. The van der Waals surface area contributed by atoms with E-state index in [1.807, 2.05) is 13.8 Å². The summed E-state index contributed by atoms with van der Waals surface area (Å²) in [5.74, 6) is 0.607. The van der Waals surface area contributed by atoms with Crippen molar-refractivity contribution in [3.63, 3.8) is 0 Å². The highest BCUT2D eigenvalue weighted by Crippen LogP contribution is 2.30. The number of hydrogen-bond donors (Lipinski definition) is 1. The molecule has 2 aromatic rings. The van der Waals surface area contributed by atoms with Crippen LogP contribution >= 0.6 is 11.6 Å². The number of ether oxygens (including phenoxy) is 2. The first kappa shape index (κ1) is 24.0. The molecule has 0 aromatic heterocycles. The summed E-state index contributed by atoms with van der Waals surface area (Å²) in [7, 11) is -3.77. The van der Waals surface area contributed by atoms with E-state index in [-0.39, 0.29) is 9.92 Å². The standard InChI is InChI=1S/C21H27ClN2O5S/c1-5-24(6-2)30(26,27)20-14-16(10-11-17(20)22)23-21(25)15-9-12-18(28-7-3)19(13-15)29-8-4/h9-14H,5-8H2,1-4H3,(H,23,25). The van der Waals surface area contributed by atoms with E-state index in [0.29, 0.717) is 49.1 Å². The highest BCUT2D eigenvalue weighted by Gasteiger charge is 2.25. The molecule has 0 spiro atoms. The maximum Gasteiger partial charge on any atom is 0.255 e. The number of rotatable bonds is 10. The Kier molecular flexibility index (Phi) is 8.52. The van der Waals surface area contributed by atoms with Gasteiger partial charge in [0.05, 0.1) is 18.2 Å². The van der Waals surface area contributed by atoms with Crippen LogP contribution in [0.1, 0.15) is 38.1 Å². The van der Waals surface area contributed by atoms with Crippen molar-refractivity contribution in [3.8, 4) is 11.5 Å². The molecule has 0 saturated heterocycles. The summed E-state index contributed by atoms with van der Waals surface area (Å²) in [4.78, 5) is 12.7. The van der Waals surface area contributed by atoms with Gasteiger partial charge in [-0.25, -0.2) is 8.42 Å². The van der Waals surface area contributed by atoms with Crippen LogP contribution in [0.2, 0.25) is 5.02 Å². The van der Waals surface area contributed by atoms with Crippen molar-refractivity contribution in [1.29, 1.82) is 0 Å². The van der Waals surface area contributed by atoms with Crippen molar-refractivity contribution < 1.29 is 22.7 Å². The summed E-state index contributed by atoms with van der Waals surface area (Å²) in [5.41, 5.74) is 0.673. The van der Waals surface area contributed by atoms with Crippen LogP contribution < -0.4 is 14.8 Å². The second-order valence-corrected chi connectivity index (χ2v) is 8.53. The van der Waals surface area contributed by atoms with Crippen LogP contribution in [0.3, 0.4) is 0 Å². The van der Waals surface area contributed by atoms with Crippen molar-refractivity contribution in [1.82, 2.24) is 4.31 Å². The second kappa shape index (κ2) is 10.7. The molecule has 2 rings (SSSR count). The normalized spacial score (nSPS) is 11.4. The minimum atomic E-state index is -3.77. The number of amides is 1. The highest BCUT2D eigenvalue weighted by molar-refractivity contribution is 7.89. The summed E-state index contributed by atoms with van der Waals surface area (Å²) < 4.78 is 38.0. The Morgan fingerprint density at radius 2 is 1.60 bits per heavy atom. The summed E-state index contributed by atoms with van der Waals surface area (Å²) in [5, 5.41) is 2.81. The Hall–Kier alpha value is -2.29. The average Bonchev–Trinajstić information content (AvgIpc) is 2.71. The summed E-state index contributed by atoms with van der Waals surface area (Å²) in [6, 6.07) is 9.25. The molecular formula is C21H27ClN2O5S. The van der Waals surface area contributed by atoms with Crippen molar-refractivity contribution in [3.05, 3.63) is 47.0 Å². The minimum absolute atomic E-state index is 0.0487. The molecule has 30 heavy (non-hydrogen) atoms. The van der Waals surface area contributed by atoms with Crippen LogP contribution in [-0.2, 0) is 10.0 Å². The van der Waals surface area contributed by atoms with E-state index in [9.17, 15) is 13.2 Å². The Labute approximate surface area is 183 Å². The van der Waals surface area contributed by atoms with Gasteiger partial charge in [0, 0.05) is 24.3 Å². The molecule has 9 heteroatoms. The van der Waals surface area contributed by atoms with Gasteiger partial charge in [-0.15, -0.1) is 0 Å². The fourth-order valence-electron chi connectivity index (χ4n) is 2.88. The van der Waals surface area contributed by atoms with Gasteiger partial charge in [-0.1, -0.05) is 25.4 Å². The highest BCUT2D eigenvalue weighted by atomic mass is 35.5. The van der Waals surface area contributed by atoms with Gasteiger partial charge in [-0.05, 0) is 50.2 Å². The molecule has 0 heterocycles. The van der Waals surface area contributed by atoms with E-state index in [4.69, 9.17) is 21.1 Å². The molecule has 0 fully saturated rings. The van der Waals surface area contributed by atoms with E-state index in [1.54, 1.807) is 38.1 Å². The largest absolute Gasteiger partial charge is 0.490 e. The van der Waals surface area contributed by atoms with Crippen molar-refractivity contribution in [2.45, 2.75) is 32.6 Å². The third-order valence-electron chi connectivity index (χ3n) is 4.32. The van der Waals surface area contributed by atoms with Gasteiger partial charge in [0.15, 0.2) is 11.5 Å². The summed E-state index contributed by atoms with van der Waals surface area (Å²) in [6.07, 6.45) is 0. The van der Waals surface area contributed by atoms with Gasteiger partial charge >= 0.3 is 0 Å². The number of carbonyl (C=O) groups is 1. The first-order valence-electron chi connectivity index (χ1n) is 9.79. The number of halogens is 1. The summed E-state index contributed by atoms with van der Waals surface area (Å²) >= 11 is 6.15. The lowest BCUT2D eigenvalue weighted by molar-refractivity contribution is 0.102. The first-order chi connectivity index (χ1) is 14.3. The van der Waals surface area contributed by atoms with Crippen LogP contribution in [0, 0.1) is 0 Å². The number of nitrogens with zero attached hydrogens (tertiary/aromatic N) is 1. The smallest absolute Gasteiger partial charge is 0.255 e. The van der Waals surface area contributed by atoms with Crippen molar-refractivity contribution in [2.75, 3.05) is 31.6 Å². The minimum Gasteiger partial charge on any atom is -0.490 e. The molecule has 0 radical (unpaired) electrons. The lowest BCUT2D eigenvalue weighted by Crippen LogP contribution is -2.30. The predicted molar refractivity (Wildman–Crippen MR) is 118 cm³/mol. The maximum atomic E-state index is 12.8. The Morgan fingerprint density at radius 3 is 2.20 bits per heavy atom. The summed E-state index contributed by atoms with van der Waals surface area (Å²) in [6.45, 7) is 8.74. The van der Waals surface area contributed by atoms with Crippen LogP contribution in [0.5, 0.6) is 11.5 Å². The lowest BCUT2D eigenvalue weighted by Gasteiger charge is -2.19. The van der Waals surface area contributed by atoms with Crippen LogP contribution in [0.4, 0.5) is 5.69 Å². The number of anilines is 1. The average molecular weight is 455 g/mol. The number of sulfonamides is 1. The van der Waals surface area contributed by atoms with Crippen LogP contribution in [0.15, 0.2) is 41.3 Å². The van der Waals surface area contributed by atoms with Crippen LogP contribution in [0.25, 0.3) is 0 Å². The SMILES string of the molecule is CCOc1ccc(C(=O)Nc2ccc(Cl)c(S(=O)(=O)N(CC)CC)c2)cc1OCC. The zero-order valence-electron chi connectivity index (χ0n) is 17.6. The molecule has 1 amide bonds. The molecule has 2 aromatic carbocycles. The Bertz CT molecular complexity index is 991. The van der Waals surface area contributed by atoms with Gasteiger partial charge in [-0.3, -0.25) is 4.79 Å². The quantitative estimate of drug-likeness (QED) is 0.574. The van der Waals surface area contributed by atoms with Gasteiger partial charge in [0.25, 0.3) is 5.91 Å². The van der Waals surface area contributed by atoms with Crippen LogP contribution in [-0.4, -0.2) is 44.9 Å². The zero-order valence-corrected chi connectivity index (χ0v) is 19.1. The third-order valence-corrected chi connectivity index (χ3v) is 6.85. The molecular weight excluding hydrogens is 428 g/mol. The monoisotopic (exact) mass is 454 g/mol. The van der Waals surface area contributed by atoms with Gasteiger partial charge in [0.1, 0.15) is 4.90 Å². The molecule has 0 unspecified atom stereocenters. The molecule has 0 saturated carbocycles. The van der Waals surface area contributed by atoms with Gasteiger partial charge < -0.3 is 14.8 Å². The lowest BCUT2D eigenvalue weighted by atomic mass is 10.2. The Morgan fingerprint density at radius 1 is 0.967 bits per heavy atom.